The second-order valence-corrected chi connectivity index (χ2v) is 6.19. The van der Waals surface area contributed by atoms with E-state index >= 15 is 0 Å². The quantitative estimate of drug-likeness (QED) is 0.482. The van der Waals surface area contributed by atoms with Crippen molar-refractivity contribution in [1.82, 2.24) is 0 Å². The highest BCUT2D eigenvalue weighted by Gasteiger charge is 2.40. The lowest BCUT2D eigenvalue weighted by atomic mass is 9.84. The van der Waals surface area contributed by atoms with Crippen molar-refractivity contribution >= 4 is 17.3 Å². The van der Waals surface area contributed by atoms with E-state index in [0.29, 0.717) is 18.3 Å². The minimum Gasteiger partial charge on any atom is -0.375 e. The normalized spacial score (nSPS) is 31.2. The second-order valence-electron chi connectivity index (χ2n) is 5.63. The van der Waals surface area contributed by atoms with Gasteiger partial charge in [-0.15, -0.1) is 11.6 Å². The van der Waals surface area contributed by atoms with Gasteiger partial charge in [-0.05, 0) is 31.7 Å². The lowest BCUT2D eigenvalue weighted by molar-refractivity contribution is -0.384. The molecule has 0 spiro atoms. The molecule has 0 N–H and O–H groups in total. The van der Waals surface area contributed by atoms with Crippen LogP contribution < -0.4 is 0 Å². The molecular formula is C15H20ClNO3. The zero-order valence-corrected chi connectivity index (χ0v) is 12.7. The van der Waals surface area contributed by atoms with Crippen LogP contribution in [-0.4, -0.2) is 22.5 Å². The zero-order valence-electron chi connectivity index (χ0n) is 12.0. The van der Waals surface area contributed by atoms with E-state index in [1.165, 1.54) is 12.1 Å². The van der Waals surface area contributed by atoms with Crippen molar-refractivity contribution < 1.29 is 9.66 Å². The van der Waals surface area contributed by atoms with Crippen LogP contribution >= 0.6 is 11.6 Å². The van der Waals surface area contributed by atoms with Crippen molar-refractivity contribution in [3.63, 3.8) is 0 Å². The number of ether oxygens (including phenoxy) is 1. The smallest absolute Gasteiger partial charge is 0.269 e. The third-order valence-electron chi connectivity index (χ3n) is 4.31. The topological polar surface area (TPSA) is 52.4 Å². The molecule has 1 heterocycles. The van der Waals surface area contributed by atoms with Crippen LogP contribution in [0, 0.1) is 22.0 Å². The summed E-state index contributed by atoms with van der Waals surface area (Å²) in [4.78, 5) is 10.2. The van der Waals surface area contributed by atoms with Gasteiger partial charge in [-0.25, -0.2) is 0 Å². The Kier molecular flexibility index (Phi) is 4.66. The summed E-state index contributed by atoms with van der Waals surface area (Å²) in [5.41, 5.74) is 1.13. The molecule has 110 valence electrons. The Morgan fingerprint density at radius 3 is 2.30 bits per heavy atom. The van der Waals surface area contributed by atoms with E-state index in [1.54, 1.807) is 12.1 Å². The zero-order chi connectivity index (χ0) is 14.9. The molecule has 0 aromatic heterocycles. The minimum atomic E-state index is -0.390. The van der Waals surface area contributed by atoms with Crippen LogP contribution in [0.2, 0.25) is 0 Å². The summed E-state index contributed by atoms with van der Waals surface area (Å²) in [6, 6.07) is 6.61. The maximum atomic E-state index is 10.6. The molecule has 0 saturated carbocycles. The monoisotopic (exact) mass is 297 g/mol. The SMILES string of the molecule is CC1OC(C)C(C(Cl)Cc2ccc([N+](=O)[O-])cc2)C1C. The molecule has 1 aliphatic heterocycles. The number of nitrogens with zero attached hydrogens (tertiary/aromatic N) is 1. The van der Waals surface area contributed by atoms with E-state index < -0.39 is 4.92 Å². The Morgan fingerprint density at radius 1 is 1.25 bits per heavy atom. The molecule has 0 bridgehead atoms. The standard InChI is InChI=1S/C15H20ClNO3/c1-9-10(2)20-11(3)15(9)14(16)8-12-4-6-13(7-5-12)17(18)19/h4-7,9-11,14-15H,8H2,1-3H3. The third kappa shape index (κ3) is 3.13. The van der Waals surface area contributed by atoms with Gasteiger partial charge >= 0.3 is 0 Å². The summed E-state index contributed by atoms with van der Waals surface area (Å²) >= 11 is 6.57. The summed E-state index contributed by atoms with van der Waals surface area (Å²) < 4.78 is 5.82. The highest BCUT2D eigenvalue weighted by molar-refractivity contribution is 6.21. The Labute approximate surface area is 124 Å². The average Bonchev–Trinajstić information content (AvgIpc) is 2.63. The lowest BCUT2D eigenvalue weighted by Gasteiger charge is -2.24. The van der Waals surface area contributed by atoms with Gasteiger partial charge in [0.25, 0.3) is 5.69 Å². The lowest BCUT2D eigenvalue weighted by Crippen LogP contribution is -2.28. The highest BCUT2D eigenvalue weighted by atomic mass is 35.5. The van der Waals surface area contributed by atoms with Gasteiger partial charge in [0.05, 0.1) is 17.1 Å². The van der Waals surface area contributed by atoms with E-state index in [4.69, 9.17) is 16.3 Å². The molecule has 20 heavy (non-hydrogen) atoms. The van der Waals surface area contributed by atoms with Crippen LogP contribution in [0.1, 0.15) is 26.3 Å². The molecule has 0 radical (unpaired) electrons. The second kappa shape index (κ2) is 6.10. The third-order valence-corrected chi connectivity index (χ3v) is 4.76. The van der Waals surface area contributed by atoms with Gasteiger partial charge in [0.2, 0.25) is 0 Å². The Bertz CT molecular complexity index is 477. The van der Waals surface area contributed by atoms with Gasteiger partial charge in [0, 0.05) is 23.4 Å². The van der Waals surface area contributed by atoms with Crippen molar-refractivity contribution in [2.45, 2.75) is 44.8 Å². The first-order valence-corrected chi connectivity index (χ1v) is 7.36. The van der Waals surface area contributed by atoms with Gasteiger partial charge in [-0.3, -0.25) is 10.1 Å². The number of hydrogen-bond acceptors (Lipinski definition) is 3. The summed E-state index contributed by atoms with van der Waals surface area (Å²) in [5.74, 6) is 0.729. The molecule has 1 fully saturated rings. The average molecular weight is 298 g/mol. The predicted octanol–water partition coefficient (Wildman–Crippen LogP) is 3.80. The molecule has 2 rings (SSSR count). The molecule has 5 atom stereocenters. The molecule has 0 amide bonds. The first kappa shape index (κ1) is 15.3. The molecule has 1 saturated heterocycles. The number of nitro benzene ring substituents is 1. The number of halogens is 1. The highest BCUT2D eigenvalue weighted by Crippen LogP contribution is 2.37. The number of benzene rings is 1. The summed E-state index contributed by atoms with van der Waals surface area (Å²) in [6.45, 7) is 6.32. The van der Waals surface area contributed by atoms with Crippen LogP contribution in [0.25, 0.3) is 0 Å². The molecular weight excluding hydrogens is 278 g/mol. The fraction of sp³-hybridized carbons (Fsp3) is 0.600. The van der Waals surface area contributed by atoms with Gasteiger partial charge in [0.15, 0.2) is 0 Å². The number of rotatable bonds is 4. The minimum absolute atomic E-state index is 0.0218. The van der Waals surface area contributed by atoms with Gasteiger partial charge in [-0.1, -0.05) is 19.1 Å². The van der Waals surface area contributed by atoms with Crippen LogP contribution in [0.3, 0.4) is 0 Å². The first-order chi connectivity index (χ1) is 9.40. The Balaban J connectivity index is 2.04. The van der Waals surface area contributed by atoms with Crippen molar-refractivity contribution in [3.05, 3.63) is 39.9 Å². The van der Waals surface area contributed by atoms with Crippen molar-refractivity contribution in [1.29, 1.82) is 0 Å². The van der Waals surface area contributed by atoms with E-state index in [0.717, 1.165) is 5.56 Å². The molecule has 5 unspecified atom stereocenters. The summed E-state index contributed by atoms with van der Waals surface area (Å²) in [6.07, 6.45) is 1.09. The molecule has 1 aromatic rings. The number of nitro groups is 1. The van der Waals surface area contributed by atoms with Crippen molar-refractivity contribution in [2.75, 3.05) is 0 Å². The summed E-state index contributed by atoms with van der Waals surface area (Å²) in [5, 5.41) is 10.6. The maximum absolute atomic E-state index is 10.6. The Morgan fingerprint density at radius 2 is 1.85 bits per heavy atom. The van der Waals surface area contributed by atoms with Crippen LogP contribution in [0.5, 0.6) is 0 Å². The molecule has 4 nitrogen and oxygen atoms in total. The molecule has 1 aliphatic rings. The first-order valence-electron chi connectivity index (χ1n) is 6.93. The molecule has 5 heteroatoms. The summed E-state index contributed by atoms with van der Waals surface area (Å²) in [7, 11) is 0. The van der Waals surface area contributed by atoms with E-state index in [2.05, 4.69) is 20.8 Å². The largest absolute Gasteiger partial charge is 0.375 e. The maximum Gasteiger partial charge on any atom is 0.269 e. The molecule has 1 aromatic carbocycles. The number of alkyl halides is 1. The molecule has 0 aliphatic carbocycles. The van der Waals surface area contributed by atoms with Gasteiger partial charge in [-0.2, -0.15) is 0 Å². The van der Waals surface area contributed by atoms with Gasteiger partial charge in [0.1, 0.15) is 0 Å². The fourth-order valence-corrected chi connectivity index (χ4v) is 3.64. The van der Waals surface area contributed by atoms with E-state index in [1.807, 2.05) is 0 Å². The Hall–Kier alpha value is -1.13. The number of hydrogen-bond donors (Lipinski definition) is 0. The van der Waals surface area contributed by atoms with Crippen LogP contribution in [0.4, 0.5) is 5.69 Å². The van der Waals surface area contributed by atoms with Crippen LogP contribution in [-0.2, 0) is 11.2 Å². The fourth-order valence-electron chi connectivity index (χ4n) is 3.03. The van der Waals surface area contributed by atoms with Crippen molar-refractivity contribution in [2.24, 2.45) is 11.8 Å². The number of non-ortho nitro benzene ring substituents is 1. The van der Waals surface area contributed by atoms with Crippen molar-refractivity contribution in [3.8, 4) is 0 Å². The predicted molar refractivity (Wildman–Crippen MR) is 79.1 cm³/mol. The van der Waals surface area contributed by atoms with Gasteiger partial charge < -0.3 is 4.74 Å². The van der Waals surface area contributed by atoms with E-state index in [-0.39, 0.29) is 23.3 Å². The van der Waals surface area contributed by atoms with Crippen LogP contribution in [0.15, 0.2) is 24.3 Å². The van der Waals surface area contributed by atoms with E-state index in [9.17, 15) is 10.1 Å².